The lowest BCUT2D eigenvalue weighted by atomic mass is 9.99. The lowest BCUT2D eigenvalue weighted by Gasteiger charge is -2.07. The third-order valence-electron chi connectivity index (χ3n) is 3.44. The fourth-order valence-corrected chi connectivity index (χ4v) is 3.76. The summed E-state index contributed by atoms with van der Waals surface area (Å²) in [7, 11) is -4.16. The molecule has 124 valence electrons. The van der Waals surface area contributed by atoms with Crippen molar-refractivity contribution >= 4 is 21.4 Å². The fraction of sp³-hybridized carbons (Fsp3) is 0. The molecule has 1 aromatic heterocycles. The van der Waals surface area contributed by atoms with Crippen LogP contribution in [0.4, 0.5) is 13.2 Å². The third kappa shape index (κ3) is 3.08. The standard InChI is InChI=1S/C16H10F3NO2S2/c17-13-3-1-9(5-14(13)18)11-7-23-8-12(11)10-2-4-16(15(19)6-10)24(20,21)22/h1-8H,(H2,20,21,22). The number of hydrogen-bond acceptors (Lipinski definition) is 3. The number of halogens is 3. The average molecular weight is 369 g/mol. The summed E-state index contributed by atoms with van der Waals surface area (Å²) in [5, 5.41) is 8.36. The molecule has 0 spiro atoms. The Balaban J connectivity index is 2.11. The van der Waals surface area contributed by atoms with Gasteiger partial charge in [-0.1, -0.05) is 12.1 Å². The van der Waals surface area contributed by atoms with E-state index >= 15 is 0 Å². The molecule has 2 aromatic carbocycles. The van der Waals surface area contributed by atoms with Gasteiger partial charge in [0.05, 0.1) is 0 Å². The number of benzene rings is 2. The van der Waals surface area contributed by atoms with E-state index in [-0.39, 0.29) is 0 Å². The molecule has 0 radical (unpaired) electrons. The normalized spacial score (nSPS) is 11.7. The molecule has 2 N–H and O–H groups in total. The maximum atomic E-state index is 14.0. The van der Waals surface area contributed by atoms with E-state index in [1.54, 1.807) is 10.8 Å². The smallest absolute Gasteiger partial charge is 0.225 e. The molecule has 3 aromatic rings. The third-order valence-corrected chi connectivity index (χ3v) is 5.13. The van der Waals surface area contributed by atoms with Crippen molar-refractivity contribution in [3.8, 4) is 22.3 Å². The number of nitrogens with two attached hydrogens (primary N) is 1. The molecule has 0 atom stereocenters. The van der Waals surface area contributed by atoms with Gasteiger partial charge in [0.2, 0.25) is 10.0 Å². The predicted molar refractivity (Wildman–Crippen MR) is 86.4 cm³/mol. The Labute approximate surface area is 140 Å². The number of primary sulfonamides is 1. The SMILES string of the molecule is NS(=O)(=O)c1ccc(-c2cscc2-c2ccc(F)c(F)c2)cc1F. The second-order valence-corrected chi connectivity index (χ2v) is 7.29. The summed E-state index contributed by atoms with van der Waals surface area (Å²) < 4.78 is 63.1. The Morgan fingerprint density at radius 2 is 1.33 bits per heavy atom. The van der Waals surface area contributed by atoms with Crippen LogP contribution in [0.3, 0.4) is 0 Å². The molecule has 0 aliphatic heterocycles. The van der Waals surface area contributed by atoms with Gasteiger partial charge in [0.1, 0.15) is 10.7 Å². The van der Waals surface area contributed by atoms with Crippen molar-refractivity contribution in [1.29, 1.82) is 0 Å². The maximum absolute atomic E-state index is 14.0. The van der Waals surface area contributed by atoms with Crippen LogP contribution in [-0.4, -0.2) is 8.42 Å². The van der Waals surface area contributed by atoms with Crippen LogP contribution in [0.5, 0.6) is 0 Å². The molecule has 3 rings (SSSR count). The van der Waals surface area contributed by atoms with Gasteiger partial charge in [0.25, 0.3) is 0 Å². The maximum Gasteiger partial charge on any atom is 0.240 e. The minimum absolute atomic E-state index is 0.404. The number of hydrogen-bond donors (Lipinski definition) is 1. The number of rotatable bonds is 3. The summed E-state index contributed by atoms with van der Waals surface area (Å²) in [6.45, 7) is 0. The van der Waals surface area contributed by atoms with Crippen LogP contribution < -0.4 is 5.14 Å². The van der Waals surface area contributed by atoms with Crippen LogP contribution in [0.25, 0.3) is 22.3 Å². The quantitative estimate of drug-likeness (QED) is 0.754. The molecule has 0 bridgehead atoms. The summed E-state index contributed by atoms with van der Waals surface area (Å²) in [5.74, 6) is -2.92. The zero-order valence-electron chi connectivity index (χ0n) is 12.0. The van der Waals surface area contributed by atoms with E-state index in [2.05, 4.69) is 0 Å². The van der Waals surface area contributed by atoms with Crippen molar-refractivity contribution in [3.63, 3.8) is 0 Å². The Bertz CT molecular complexity index is 1030. The monoisotopic (exact) mass is 369 g/mol. The Morgan fingerprint density at radius 3 is 1.83 bits per heavy atom. The molecule has 0 amide bonds. The molecular formula is C16H10F3NO2S2. The Morgan fingerprint density at radius 1 is 0.792 bits per heavy atom. The van der Waals surface area contributed by atoms with Crippen LogP contribution in [0, 0.1) is 17.5 Å². The van der Waals surface area contributed by atoms with Crippen molar-refractivity contribution in [2.24, 2.45) is 5.14 Å². The van der Waals surface area contributed by atoms with Crippen LogP contribution >= 0.6 is 11.3 Å². The van der Waals surface area contributed by atoms with Crippen molar-refractivity contribution in [2.75, 3.05) is 0 Å². The van der Waals surface area contributed by atoms with E-state index in [0.29, 0.717) is 22.3 Å². The lowest BCUT2D eigenvalue weighted by molar-refractivity contribution is 0.509. The molecule has 0 saturated carbocycles. The summed E-state index contributed by atoms with van der Waals surface area (Å²) in [4.78, 5) is -0.601. The van der Waals surface area contributed by atoms with Gasteiger partial charge in [-0.2, -0.15) is 11.3 Å². The number of thiophene rings is 1. The zero-order valence-corrected chi connectivity index (χ0v) is 13.6. The van der Waals surface area contributed by atoms with Gasteiger partial charge in [-0.15, -0.1) is 0 Å². The molecule has 3 nitrogen and oxygen atoms in total. The lowest BCUT2D eigenvalue weighted by Crippen LogP contribution is -2.13. The van der Waals surface area contributed by atoms with E-state index in [4.69, 9.17) is 5.14 Å². The van der Waals surface area contributed by atoms with E-state index in [1.807, 2.05) is 0 Å². The van der Waals surface area contributed by atoms with Gasteiger partial charge in [-0.3, -0.25) is 0 Å². The first-order valence-corrected chi connectivity index (χ1v) is 9.10. The highest BCUT2D eigenvalue weighted by Crippen LogP contribution is 2.36. The molecule has 0 fully saturated rings. The van der Waals surface area contributed by atoms with Crippen LogP contribution in [0.2, 0.25) is 0 Å². The van der Waals surface area contributed by atoms with Crippen molar-refractivity contribution in [1.82, 2.24) is 0 Å². The summed E-state index contributed by atoms with van der Waals surface area (Å²) in [5.41, 5.74) is 1.99. The second-order valence-electron chi connectivity index (χ2n) is 5.02. The van der Waals surface area contributed by atoms with Crippen LogP contribution in [0.15, 0.2) is 52.1 Å². The van der Waals surface area contributed by atoms with Gasteiger partial charge in [-0.05, 0) is 46.2 Å². The van der Waals surface area contributed by atoms with Gasteiger partial charge in [0, 0.05) is 11.1 Å². The minimum Gasteiger partial charge on any atom is -0.225 e. The van der Waals surface area contributed by atoms with Gasteiger partial charge in [0.15, 0.2) is 11.6 Å². The van der Waals surface area contributed by atoms with Gasteiger partial charge >= 0.3 is 0 Å². The van der Waals surface area contributed by atoms with Crippen LogP contribution in [-0.2, 0) is 10.0 Å². The van der Waals surface area contributed by atoms with E-state index in [9.17, 15) is 21.6 Å². The fourth-order valence-electron chi connectivity index (χ4n) is 2.31. The molecule has 0 unspecified atom stereocenters. The number of sulfonamides is 1. The summed E-state index contributed by atoms with van der Waals surface area (Å²) in [6.07, 6.45) is 0. The Kier molecular flexibility index (Phi) is 4.20. The van der Waals surface area contributed by atoms with Crippen molar-refractivity contribution < 1.29 is 21.6 Å². The molecule has 0 saturated heterocycles. The average Bonchev–Trinajstić information content (AvgIpc) is 2.98. The highest BCUT2D eigenvalue weighted by atomic mass is 32.2. The largest absolute Gasteiger partial charge is 0.240 e. The Hall–Kier alpha value is -2.16. The van der Waals surface area contributed by atoms with Crippen molar-refractivity contribution in [3.05, 3.63) is 64.6 Å². The first-order chi connectivity index (χ1) is 11.3. The highest BCUT2D eigenvalue weighted by Gasteiger charge is 2.17. The zero-order chi connectivity index (χ0) is 17.5. The molecular weight excluding hydrogens is 359 g/mol. The summed E-state index contributed by atoms with van der Waals surface area (Å²) >= 11 is 1.30. The second kappa shape index (κ2) is 6.04. The van der Waals surface area contributed by atoms with Gasteiger partial charge in [-0.25, -0.2) is 26.7 Å². The van der Waals surface area contributed by atoms with Crippen LogP contribution in [0.1, 0.15) is 0 Å². The highest BCUT2D eigenvalue weighted by molar-refractivity contribution is 7.89. The molecule has 0 aliphatic rings. The molecule has 24 heavy (non-hydrogen) atoms. The minimum atomic E-state index is -4.16. The van der Waals surface area contributed by atoms with Gasteiger partial charge < -0.3 is 0 Å². The van der Waals surface area contributed by atoms with Crippen molar-refractivity contribution in [2.45, 2.75) is 4.90 Å². The first kappa shape index (κ1) is 16.7. The molecule has 0 aliphatic carbocycles. The molecule has 1 heterocycles. The molecule has 8 heteroatoms. The summed E-state index contributed by atoms with van der Waals surface area (Å²) in [6, 6.07) is 7.01. The topological polar surface area (TPSA) is 60.2 Å². The van der Waals surface area contributed by atoms with E-state index in [0.717, 1.165) is 24.3 Å². The van der Waals surface area contributed by atoms with E-state index in [1.165, 1.54) is 23.5 Å². The van der Waals surface area contributed by atoms with E-state index < -0.39 is 32.4 Å². The predicted octanol–water partition coefficient (Wildman–Crippen LogP) is 4.15. The first-order valence-electron chi connectivity index (χ1n) is 6.61.